The van der Waals surface area contributed by atoms with Crippen LogP contribution in [0.2, 0.25) is 0 Å². The summed E-state index contributed by atoms with van der Waals surface area (Å²) in [7, 11) is 1.38. The van der Waals surface area contributed by atoms with Crippen LogP contribution < -0.4 is 5.32 Å². The normalized spacial score (nSPS) is 26.7. The number of aromatic nitrogens is 1. The fourth-order valence-electron chi connectivity index (χ4n) is 7.48. The van der Waals surface area contributed by atoms with Gasteiger partial charge < -0.3 is 14.6 Å². The molecule has 4 aliphatic rings. The Morgan fingerprint density at radius 2 is 1.74 bits per heavy atom. The molecule has 182 valence electrons. The molecule has 5 nitrogen and oxygen atoms in total. The summed E-state index contributed by atoms with van der Waals surface area (Å²) in [5.74, 6) is 2.37. The monoisotopic (exact) mass is 534 g/mol. The van der Waals surface area contributed by atoms with Crippen LogP contribution in [0.25, 0.3) is 10.9 Å². The number of benzene rings is 2. The summed E-state index contributed by atoms with van der Waals surface area (Å²) in [5.41, 5.74) is 3.73. The Bertz CT molecular complexity index is 1280. The van der Waals surface area contributed by atoms with Crippen molar-refractivity contribution in [3.63, 3.8) is 0 Å². The topological polar surface area (TPSA) is 60.3 Å². The largest absolute Gasteiger partial charge is 0.465 e. The van der Waals surface area contributed by atoms with E-state index in [1.165, 1.54) is 45.6 Å². The Morgan fingerprint density at radius 1 is 1.03 bits per heavy atom. The molecule has 7 rings (SSSR count). The third-order valence-electron chi connectivity index (χ3n) is 8.61. The molecule has 35 heavy (non-hydrogen) atoms. The number of hydrogen-bond acceptors (Lipinski definition) is 3. The van der Waals surface area contributed by atoms with Crippen LogP contribution in [0.4, 0.5) is 0 Å². The van der Waals surface area contributed by atoms with Crippen molar-refractivity contribution in [2.75, 3.05) is 13.7 Å². The van der Waals surface area contributed by atoms with E-state index in [2.05, 4.69) is 31.9 Å². The molecule has 4 saturated carbocycles. The summed E-state index contributed by atoms with van der Waals surface area (Å²) >= 11 is 3.48. The van der Waals surface area contributed by atoms with Gasteiger partial charge in [-0.25, -0.2) is 4.79 Å². The summed E-state index contributed by atoms with van der Waals surface area (Å²) < 4.78 is 7.70. The predicted molar refractivity (Wildman–Crippen MR) is 139 cm³/mol. The molecule has 3 aromatic rings. The van der Waals surface area contributed by atoms with Gasteiger partial charge in [0.25, 0.3) is 5.91 Å². The minimum Gasteiger partial charge on any atom is -0.465 e. The number of rotatable bonds is 6. The summed E-state index contributed by atoms with van der Waals surface area (Å²) in [6.07, 6.45) is 10.2. The molecule has 0 aliphatic heterocycles. The maximum Gasteiger partial charge on any atom is 0.339 e. The molecule has 2 aromatic carbocycles. The lowest BCUT2D eigenvalue weighted by Crippen LogP contribution is -2.51. The summed E-state index contributed by atoms with van der Waals surface area (Å²) in [5, 5.41) is 4.36. The number of carbonyl (C=O) groups is 2. The van der Waals surface area contributed by atoms with Crippen molar-refractivity contribution in [1.29, 1.82) is 0 Å². The summed E-state index contributed by atoms with van der Waals surface area (Å²) in [4.78, 5) is 24.9. The highest BCUT2D eigenvalue weighted by Crippen LogP contribution is 2.59. The van der Waals surface area contributed by atoms with E-state index < -0.39 is 0 Å². The smallest absolute Gasteiger partial charge is 0.339 e. The quantitative estimate of drug-likeness (QED) is 0.384. The van der Waals surface area contributed by atoms with Gasteiger partial charge in [0.05, 0.1) is 12.7 Å². The molecule has 1 amide bonds. The molecule has 0 unspecified atom stereocenters. The Balaban J connectivity index is 1.14. The first kappa shape index (κ1) is 22.8. The Hall–Kier alpha value is -2.60. The molecule has 0 radical (unpaired) electrons. The first-order valence-corrected chi connectivity index (χ1v) is 13.4. The van der Waals surface area contributed by atoms with Gasteiger partial charge in [0.1, 0.15) is 0 Å². The zero-order chi connectivity index (χ0) is 24.2. The molecule has 1 aromatic heterocycles. The highest BCUT2D eigenvalue weighted by Gasteiger charge is 2.50. The Labute approximate surface area is 214 Å². The standard InChI is InChI=1S/C29H31BrN2O3/c1-35-28(34)24-4-2-18(11-25(24)30)16-32-7-6-22-12-23(3-5-26(22)32)27(33)31-17-29-13-19-8-20(14-29)10-21(9-19)15-29/h2-7,11-12,19-21H,8-10,13-17H2,1H3,(H,31,33). The number of methoxy groups -OCH3 is 1. The fraction of sp³-hybridized carbons (Fsp3) is 0.448. The van der Waals surface area contributed by atoms with Crippen molar-refractivity contribution in [2.45, 2.75) is 45.1 Å². The third kappa shape index (κ3) is 4.31. The molecule has 0 spiro atoms. The minimum absolute atomic E-state index is 0.0396. The average molecular weight is 535 g/mol. The van der Waals surface area contributed by atoms with Crippen LogP contribution in [0.5, 0.6) is 0 Å². The van der Waals surface area contributed by atoms with Gasteiger partial charge in [-0.05, 0) is 120 Å². The van der Waals surface area contributed by atoms with Crippen molar-refractivity contribution >= 4 is 38.7 Å². The van der Waals surface area contributed by atoms with Gasteiger partial charge in [0.2, 0.25) is 0 Å². The van der Waals surface area contributed by atoms with E-state index >= 15 is 0 Å². The average Bonchev–Trinajstić information content (AvgIpc) is 3.23. The number of amides is 1. The molecule has 4 fully saturated rings. The predicted octanol–water partition coefficient (Wildman–Crippen LogP) is 6.18. The number of esters is 1. The lowest BCUT2D eigenvalue weighted by Gasteiger charge is -2.56. The van der Waals surface area contributed by atoms with Crippen LogP contribution in [0.15, 0.2) is 53.1 Å². The van der Waals surface area contributed by atoms with Gasteiger partial charge in [-0.1, -0.05) is 6.07 Å². The first-order chi connectivity index (χ1) is 16.9. The minimum atomic E-state index is -0.358. The molecular formula is C29H31BrN2O3. The Kier molecular flexibility index (Phi) is 5.75. The molecule has 1 heterocycles. The van der Waals surface area contributed by atoms with Crippen LogP contribution in [0, 0.1) is 23.2 Å². The second-order valence-corrected chi connectivity index (χ2v) is 12.0. The van der Waals surface area contributed by atoms with Crippen LogP contribution in [0.1, 0.15) is 64.8 Å². The number of ether oxygens (including phenoxy) is 1. The van der Waals surface area contributed by atoms with Gasteiger partial charge in [-0.3, -0.25) is 4.79 Å². The molecule has 0 atom stereocenters. The highest BCUT2D eigenvalue weighted by molar-refractivity contribution is 9.10. The lowest BCUT2D eigenvalue weighted by molar-refractivity contribution is -0.0503. The molecule has 4 aliphatic carbocycles. The van der Waals surface area contributed by atoms with Gasteiger partial charge in [-0.2, -0.15) is 0 Å². The third-order valence-corrected chi connectivity index (χ3v) is 9.27. The second kappa shape index (κ2) is 8.81. The van der Waals surface area contributed by atoms with E-state index in [0.717, 1.165) is 50.8 Å². The van der Waals surface area contributed by atoms with E-state index in [1.807, 2.05) is 36.5 Å². The van der Waals surface area contributed by atoms with Gasteiger partial charge in [0.15, 0.2) is 0 Å². The SMILES string of the molecule is COC(=O)c1ccc(Cn2ccc3cc(C(=O)NCC45CC6CC(CC(C6)C4)C5)ccc32)cc1Br. The van der Waals surface area contributed by atoms with E-state index in [1.54, 1.807) is 6.07 Å². The zero-order valence-corrected chi connectivity index (χ0v) is 21.6. The molecule has 1 N–H and O–H groups in total. The molecule has 0 saturated heterocycles. The van der Waals surface area contributed by atoms with Crippen LogP contribution in [-0.2, 0) is 11.3 Å². The van der Waals surface area contributed by atoms with Crippen molar-refractivity contribution in [2.24, 2.45) is 23.2 Å². The number of carbonyl (C=O) groups excluding carboxylic acids is 2. The summed E-state index contributed by atoms with van der Waals surface area (Å²) in [6.45, 7) is 1.49. The number of halogens is 1. The van der Waals surface area contributed by atoms with Crippen LogP contribution in [0.3, 0.4) is 0 Å². The second-order valence-electron chi connectivity index (χ2n) is 11.1. The summed E-state index contributed by atoms with van der Waals surface area (Å²) in [6, 6.07) is 13.7. The fourth-order valence-corrected chi connectivity index (χ4v) is 8.07. The van der Waals surface area contributed by atoms with E-state index in [9.17, 15) is 9.59 Å². The van der Waals surface area contributed by atoms with Gasteiger partial charge in [-0.15, -0.1) is 0 Å². The van der Waals surface area contributed by atoms with Crippen molar-refractivity contribution in [1.82, 2.24) is 9.88 Å². The van der Waals surface area contributed by atoms with Crippen LogP contribution in [-0.4, -0.2) is 30.1 Å². The van der Waals surface area contributed by atoms with E-state index in [-0.39, 0.29) is 11.9 Å². The number of hydrogen-bond donors (Lipinski definition) is 1. The maximum absolute atomic E-state index is 13.1. The van der Waals surface area contributed by atoms with Crippen molar-refractivity contribution in [3.05, 3.63) is 69.8 Å². The van der Waals surface area contributed by atoms with Gasteiger partial charge in [0, 0.05) is 40.2 Å². The van der Waals surface area contributed by atoms with Gasteiger partial charge >= 0.3 is 5.97 Å². The van der Waals surface area contributed by atoms with E-state index in [4.69, 9.17) is 4.74 Å². The van der Waals surface area contributed by atoms with Crippen LogP contribution >= 0.6 is 15.9 Å². The molecule has 4 bridgehead atoms. The van der Waals surface area contributed by atoms with Crippen molar-refractivity contribution < 1.29 is 14.3 Å². The Morgan fingerprint density at radius 3 is 2.40 bits per heavy atom. The van der Waals surface area contributed by atoms with E-state index in [0.29, 0.717) is 17.5 Å². The zero-order valence-electron chi connectivity index (χ0n) is 20.1. The first-order valence-electron chi connectivity index (χ1n) is 12.7. The maximum atomic E-state index is 13.1. The molecular weight excluding hydrogens is 504 g/mol. The molecule has 6 heteroatoms. The highest BCUT2D eigenvalue weighted by atomic mass is 79.9. The number of nitrogens with zero attached hydrogens (tertiary/aromatic N) is 1. The lowest BCUT2D eigenvalue weighted by atomic mass is 9.49. The van der Waals surface area contributed by atoms with Crippen molar-refractivity contribution in [3.8, 4) is 0 Å². The number of nitrogens with one attached hydrogen (secondary N) is 1. The number of fused-ring (bicyclic) bond motifs is 1.